The molecule has 1 unspecified atom stereocenters. The number of pyridine rings is 1. The molecule has 1 saturated heterocycles. The van der Waals surface area contributed by atoms with Crippen molar-refractivity contribution in [3.05, 3.63) is 66.2 Å². The van der Waals surface area contributed by atoms with Crippen LogP contribution in [0.3, 0.4) is 0 Å². The highest BCUT2D eigenvalue weighted by Crippen LogP contribution is 2.41. The lowest BCUT2D eigenvalue weighted by Gasteiger charge is -2.27. The third kappa shape index (κ3) is 3.38. The predicted molar refractivity (Wildman–Crippen MR) is 120 cm³/mol. The van der Waals surface area contributed by atoms with E-state index in [4.69, 9.17) is 5.73 Å². The van der Waals surface area contributed by atoms with Crippen molar-refractivity contribution < 1.29 is 9.50 Å². The fourth-order valence-electron chi connectivity index (χ4n) is 4.28. The van der Waals surface area contributed by atoms with Crippen molar-refractivity contribution in [3.8, 4) is 28.6 Å². The number of benzene rings is 2. The lowest BCUT2D eigenvalue weighted by Crippen LogP contribution is -2.46. The molecule has 0 bridgehead atoms. The Labute approximate surface area is 184 Å². The fraction of sp³-hybridized carbons (Fsp3) is 0.208. The van der Waals surface area contributed by atoms with Gasteiger partial charge in [0, 0.05) is 31.0 Å². The Hall–Kier alpha value is -3.80. The normalized spacial score (nSPS) is 18.2. The van der Waals surface area contributed by atoms with Crippen LogP contribution in [0.5, 0.6) is 0 Å². The summed E-state index contributed by atoms with van der Waals surface area (Å²) in [6.45, 7) is 0.951. The second-order valence-electron chi connectivity index (χ2n) is 8.19. The Morgan fingerprint density at radius 3 is 2.78 bits per heavy atom. The van der Waals surface area contributed by atoms with Gasteiger partial charge in [0.25, 0.3) is 0 Å². The molecular weight excluding hydrogens is 407 g/mol. The molecule has 7 nitrogen and oxygen atoms in total. The summed E-state index contributed by atoms with van der Waals surface area (Å²) in [4.78, 5) is 14.2. The van der Waals surface area contributed by atoms with Gasteiger partial charge in [-0.3, -0.25) is 4.98 Å². The van der Waals surface area contributed by atoms with Gasteiger partial charge >= 0.3 is 0 Å². The number of para-hydroxylation sites is 1. The van der Waals surface area contributed by atoms with Gasteiger partial charge in [-0.05, 0) is 36.2 Å². The molecule has 0 radical (unpaired) electrons. The largest absolute Gasteiger partial charge is 0.394 e. The minimum absolute atomic E-state index is 0.126. The number of nitrogens with two attached hydrogens (primary N) is 1. The molecule has 4 N–H and O–H groups in total. The van der Waals surface area contributed by atoms with Crippen LogP contribution in [0, 0.1) is 17.1 Å². The van der Waals surface area contributed by atoms with Crippen LogP contribution in [0.1, 0.15) is 12.0 Å². The van der Waals surface area contributed by atoms with Crippen LogP contribution in [-0.4, -0.2) is 45.3 Å². The second-order valence-corrected chi connectivity index (χ2v) is 8.19. The number of nitriles is 1. The number of nitrogens with one attached hydrogen (secondary N) is 1. The van der Waals surface area contributed by atoms with Crippen molar-refractivity contribution >= 4 is 16.7 Å². The van der Waals surface area contributed by atoms with Crippen molar-refractivity contribution in [2.24, 2.45) is 5.73 Å². The summed E-state index contributed by atoms with van der Waals surface area (Å²) in [5.74, 6) is 0.0872. The molecule has 32 heavy (non-hydrogen) atoms. The molecule has 2 aromatic heterocycles. The lowest BCUT2D eigenvalue weighted by molar-refractivity contribution is 0.210. The van der Waals surface area contributed by atoms with Crippen LogP contribution in [0.4, 0.5) is 10.1 Å². The molecule has 160 valence electrons. The number of aromatic nitrogens is 3. The Kier molecular flexibility index (Phi) is 4.85. The van der Waals surface area contributed by atoms with E-state index in [0.717, 1.165) is 16.8 Å². The third-order valence-electron chi connectivity index (χ3n) is 5.96. The quantitative estimate of drug-likeness (QED) is 0.460. The molecule has 8 heteroatoms. The maximum atomic E-state index is 14.3. The second kappa shape index (κ2) is 7.71. The van der Waals surface area contributed by atoms with Gasteiger partial charge in [-0.15, -0.1) is 0 Å². The summed E-state index contributed by atoms with van der Waals surface area (Å²) >= 11 is 0. The molecule has 2 aromatic carbocycles. The topological polar surface area (TPSA) is 115 Å². The first kappa shape index (κ1) is 20.1. The Bertz CT molecular complexity index is 1360. The average molecular weight is 428 g/mol. The monoisotopic (exact) mass is 428 g/mol. The van der Waals surface area contributed by atoms with Gasteiger partial charge in [0.15, 0.2) is 5.82 Å². The number of aromatic amines is 1. The smallest absolute Gasteiger partial charge is 0.151 e. The van der Waals surface area contributed by atoms with Crippen molar-refractivity contribution in [1.29, 1.82) is 5.26 Å². The van der Waals surface area contributed by atoms with Crippen LogP contribution < -0.4 is 10.6 Å². The SMILES string of the molecule is N#Cc1cccc(-c2cncc(-c3nc4c(F)cccc4[nH]3)c2N2CCC(N)(CO)C2)c1. The number of fused-ring (bicyclic) bond motifs is 1. The molecule has 5 rings (SSSR count). The minimum atomic E-state index is -0.716. The van der Waals surface area contributed by atoms with Gasteiger partial charge in [0.1, 0.15) is 11.3 Å². The number of aliphatic hydroxyl groups excluding tert-OH is 1. The minimum Gasteiger partial charge on any atom is -0.394 e. The van der Waals surface area contributed by atoms with E-state index in [1.54, 1.807) is 36.7 Å². The molecule has 3 heterocycles. The maximum absolute atomic E-state index is 14.3. The number of aliphatic hydroxyl groups is 1. The summed E-state index contributed by atoms with van der Waals surface area (Å²) in [6, 6.07) is 14.2. The van der Waals surface area contributed by atoms with E-state index in [1.807, 2.05) is 12.1 Å². The molecule has 0 amide bonds. The first-order chi connectivity index (χ1) is 15.5. The van der Waals surface area contributed by atoms with Gasteiger partial charge in [0.2, 0.25) is 0 Å². The van der Waals surface area contributed by atoms with E-state index in [2.05, 4.69) is 25.9 Å². The van der Waals surface area contributed by atoms with Crippen molar-refractivity contribution in [2.75, 3.05) is 24.6 Å². The van der Waals surface area contributed by atoms with Crippen molar-refractivity contribution in [2.45, 2.75) is 12.0 Å². The molecule has 1 fully saturated rings. The number of hydrogen-bond acceptors (Lipinski definition) is 6. The Balaban J connectivity index is 1.73. The zero-order valence-electron chi connectivity index (χ0n) is 17.2. The van der Waals surface area contributed by atoms with E-state index in [1.165, 1.54) is 6.07 Å². The zero-order chi connectivity index (χ0) is 22.3. The zero-order valence-corrected chi connectivity index (χ0v) is 17.2. The van der Waals surface area contributed by atoms with E-state index < -0.39 is 11.4 Å². The van der Waals surface area contributed by atoms with Crippen LogP contribution in [0.15, 0.2) is 54.9 Å². The standard InChI is InChI=1S/C24H21FN6O/c25-19-5-2-6-20-21(19)30-23(29-20)18-12-28-11-17(16-4-1-3-15(9-16)10-26)22(18)31-8-7-24(27,13-31)14-32/h1-6,9,11-12,32H,7-8,13-14,27H2,(H,29,30). The molecule has 0 saturated carbocycles. The number of nitrogens with zero attached hydrogens (tertiary/aromatic N) is 4. The van der Waals surface area contributed by atoms with Gasteiger partial charge in [0.05, 0.1) is 40.5 Å². The molecule has 0 spiro atoms. The van der Waals surface area contributed by atoms with Crippen LogP contribution in [0.2, 0.25) is 0 Å². The molecule has 1 aliphatic rings. The van der Waals surface area contributed by atoms with E-state index in [-0.39, 0.29) is 12.1 Å². The lowest BCUT2D eigenvalue weighted by atomic mass is 9.99. The Morgan fingerprint density at radius 2 is 2.03 bits per heavy atom. The van der Waals surface area contributed by atoms with Gasteiger partial charge in [-0.2, -0.15) is 5.26 Å². The van der Waals surface area contributed by atoms with Gasteiger partial charge in [-0.25, -0.2) is 9.37 Å². The third-order valence-corrected chi connectivity index (χ3v) is 5.96. The van der Waals surface area contributed by atoms with E-state index >= 15 is 0 Å². The van der Waals surface area contributed by atoms with E-state index in [0.29, 0.717) is 42.0 Å². The van der Waals surface area contributed by atoms with Gasteiger partial charge < -0.3 is 20.7 Å². The first-order valence-electron chi connectivity index (χ1n) is 10.3. The number of rotatable bonds is 4. The fourth-order valence-corrected chi connectivity index (χ4v) is 4.28. The Morgan fingerprint density at radius 1 is 1.22 bits per heavy atom. The number of anilines is 1. The van der Waals surface area contributed by atoms with Gasteiger partial charge in [-0.1, -0.05) is 18.2 Å². The highest BCUT2D eigenvalue weighted by Gasteiger charge is 2.36. The van der Waals surface area contributed by atoms with Crippen LogP contribution in [-0.2, 0) is 0 Å². The molecule has 4 aromatic rings. The highest BCUT2D eigenvalue weighted by molar-refractivity contribution is 5.91. The number of H-pyrrole nitrogens is 1. The summed E-state index contributed by atoms with van der Waals surface area (Å²) in [6.07, 6.45) is 4.06. The first-order valence-corrected chi connectivity index (χ1v) is 10.3. The number of hydrogen-bond donors (Lipinski definition) is 3. The summed E-state index contributed by atoms with van der Waals surface area (Å²) in [5.41, 5.74) is 10.2. The molecular formula is C24H21FN6O. The maximum Gasteiger partial charge on any atom is 0.151 e. The highest BCUT2D eigenvalue weighted by atomic mass is 19.1. The van der Waals surface area contributed by atoms with Crippen LogP contribution >= 0.6 is 0 Å². The summed E-state index contributed by atoms with van der Waals surface area (Å²) in [5, 5.41) is 19.2. The van der Waals surface area contributed by atoms with Crippen LogP contribution in [0.25, 0.3) is 33.5 Å². The number of imidazole rings is 1. The molecule has 0 aliphatic carbocycles. The predicted octanol–water partition coefficient (Wildman–Crippen LogP) is 3.20. The summed E-state index contributed by atoms with van der Waals surface area (Å²) < 4.78 is 14.3. The molecule has 1 aliphatic heterocycles. The number of halogens is 1. The summed E-state index contributed by atoms with van der Waals surface area (Å²) in [7, 11) is 0. The average Bonchev–Trinajstić information content (AvgIpc) is 3.44. The molecule has 1 atom stereocenters. The van der Waals surface area contributed by atoms with E-state index in [9.17, 15) is 14.8 Å². The van der Waals surface area contributed by atoms with Crippen molar-refractivity contribution in [3.63, 3.8) is 0 Å². The van der Waals surface area contributed by atoms with Crippen molar-refractivity contribution in [1.82, 2.24) is 15.0 Å².